The van der Waals surface area contributed by atoms with Crippen LogP contribution in [0.15, 0.2) is 23.4 Å². The van der Waals surface area contributed by atoms with Gasteiger partial charge in [-0.15, -0.1) is 0 Å². The molecule has 1 N–H and O–H groups in total. The van der Waals surface area contributed by atoms with Crippen LogP contribution in [0.2, 0.25) is 0 Å². The number of nitrogens with one attached hydrogen (secondary N) is 1. The maximum atomic E-state index is 11.8. The summed E-state index contributed by atoms with van der Waals surface area (Å²) in [7, 11) is 4.35. The standard InChI is InChI=1S/C13H18N2O4/c1-9-6-5-7-10(11(9)8-19-14-2)12(15-18-4)13(16)17-3/h5-7,14H,8H2,1-4H3/b15-12+. The minimum Gasteiger partial charge on any atom is -0.464 e. The molecule has 0 aromatic heterocycles. The van der Waals surface area contributed by atoms with Crippen LogP contribution in [0.25, 0.3) is 0 Å². The van der Waals surface area contributed by atoms with Crippen molar-refractivity contribution in [3.05, 3.63) is 34.9 Å². The first-order valence-electron chi connectivity index (χ1n) is 5.72. The van der Waals surface area contributed by atoms with E-state index in [1.807, 2.05) is 19.1 Å². The van der Waals surface area contributed by atoms with Crippen molar-refractivity contribution in [1.82, 2.24) is 5.48 Å². The third-order valence-electron chi connectivity index (χ3n) is 2.59. The Balaban J connectivity index is 3.26. The number of hydrogen-bond acceptors (Lipinski definition) is 6. The second kappa shape index (κ2) is 7.50. The van der Waals surface area contributed by atoms with Gasteiger partial charge in [-0.05, 0) is 18.1 Å². The zero-order chi connectivity index (χ0) is 14.3. The molecular formula is C13H18N2O4. The molecular weight excluding hydrogens is 248 g/mol. The van der Waals surface area contributed by atoms with Crippen molar-refractivity contribution in [1.29, 1.82) is 0 Å². The predicted octanol–water partition coefficient (Wildman–Crippen LogP) is 1.17. The van der Waals surface area contributed by atoms with Gasteiger partial charge in [-0.3, -0.25) is 4.84 Å². The van der Waals surface area contributed by atoms with Gasteiger partial charge < -0.3 is 9.57 Å². The van der Waals surface area contributed by atoms with Crippen LogP contribution < -0.4 is 5.48 Å². The number of aryl methyl sites for hydroxylation is 1. The predicted molar refractivity (Wildman–Crippen MR) is 70.6 cm³/mol. The Labute approximate surface area is 112 Å². The normalized spacial score (nSPS) is 11.3. The Bertz CT molecular complexity index is 472. The summed E-state index contributed by atoms with van der Waals surface area (Å²) in [5.74, 6) is -0.557. The van der Waals surface area contributed by atoms with Crippen molar-refractivity contribution >= 4 is 11.7 Å². The summed E-state index contributed by atoms with van der Waals surface area (Å²) in [5.41, 5.74) is 5.17. The fourth-order valence-electron chi connectivity index (χ4n) is 1.64. The van der Waals surface area contributed by atoms with E-state index in [1.54, 1.807) is 13.1 Å². The molecule has 0 spiro atoms. The van der Waals surface area contributed by atoms with Gasteiger partial charge in [-0.25, -0.2) is 10.3 Å². The molecule has 104 valence electrons. The first kappa shape index (κ1) is 15.1. The summed E-state index contributed by atoms with van der Waals surface area (Å²) >= 11 is 0. The second-order valence-corrected chi connectivity index (χ2v) is 3.71. The van der Waals surface area contributed by atoms with E-state index in [-0.39, 0.29) is 5.71 Å². The maximum Gasteiger partial charge on any atom is 0.360 e. The highest BCUT2D eigenvalue weighted by Gasteiger charge is 2.20. The van der Waals surface area contributed by atoms with Crippen LogP contribution in [-0.4, -0.2) is 32.9 Å². The Kier molecular flexibility index (Phi) is 5.98. The van der Waals surface area contributed by atoms with Gasteiger partial charge in [0.15, 0.2) is 5.71 Å². The van der Waals surface area contributed by atoms with E-state index >= 15 is 0 Å². The van der Waals surface area contributed by atoms with Crippen LogP contribution in [0.1, 0.15) is 16.7 Å². The van der Waals surface area contributed by atoms with E-state index in [1.165, 1.54) is 14.2 Å². The van der Waals surface area contributed by atoms with Gasteiger partial charge in [0.1, 0.15) is 7.11 Å². The van der Waals surface area contributed by atoms with E-state index < -0.39 is 5.97 Å². The number of hydrogen-bond donors (Lipinski definition) is 1. The van der Waals surface area contributed by atoms with Crippen molar-refractivity contribution in [2.75, 3.05) is 21.3 Å². The lowest BCUT2D eigenvalue weighted by Gasteiger charge is -2.12. The molecule has 0 atom stereocenters. The molecule has 0 bridgehead atoms. The molecule has 0 unspecified atom stereocenters. The number of nitrogens with zero attached hydrogens (tertiary/aromatic N) is 1. The summed E-state index contributed by atoms with van der Waals surface area (Å²) in [4.78, 5) is 21.6. The Morgan fingerprint density at radius 2 is 2.11 bits per heavy atom. The fraction of sp³-hybridized carbons (Fsp3) is 0.385. The maximum absolute atomic E-state index is 11.8. The molecule has 1 rings (SSSR count). The number of rotatable bonds is 6. The number of carbonyl (C=O) groups excluding carboxylic acids is 1. The molecule has 0 heterocycles. The first-order chi connectivity index (χ1) is 9.15. The highest BCUT2D eigenvalue weighted by Crippen LogP contribution is 2.17. The zero-order valence-electron chi connectivity index (χ0n) is 11.5. The summed E-state index contributed by atoms with van der Waals surface area (Å²) in [6.45, 7) is 2.23. The summed E-state index contributed by atoms with van der Waals surface area (Å²) < 4.78 is 4.71. The average molecular weight is 266 g/mol. The Hall–Kier alpha value is -1.92. The SMILES string of the molecule is CNOCc1c(C)cccc1/C(=N\OC)C(=O)OC. The van der Waals surface area contributed by atoms with E-state index in [2.05, 4.69) is 10.6 Å². The lowest BCUT2D eigenvalue weighted by Crippen LogP contribution is -2.21. The Morgan fingerprint density at radius 3 is 2.68 bits per heavy atom. The van der Waals surface area contributed by atoms with Crippen LogP contribution in [-0.2, 0) is 25.8 Å². The quantitative estimate of drug-likeness (QED) is 0.475. The van der Waals surface area contributed by atoms with Gasteiger partial charge in [-0.1, -0.05) is 23.4 Å². The number of oxime groups is 1. The summed E-state index contributed by atoms with van der Waals surface area (Å²) in [6.07, 6.45) is 0. The molecule has 6 heteroatoms. The van der Waals surface area contributed by atoms with Crippen molar-refractivity contribution in [2.45, 2.75) is 13.5 Å². The van der Waals surface area contributed by atoms with Crippen LogP contribution in [0.3, 0.4) is 0 Å². The third-order valence-corrected chi connectivity index (χ3v) is 2.59. The molecule has 0 aliphatic rings. The number of methoxy groups -OCH3 is 1. The molecule has 0 aliphatic heterocycles. The van der Waals surface area contributed by atoms with Gasteiger partial charge in [0.2, 0.25) is 0 Å². The van der Waals surface area contributed by atoms with Crippen LogP contribution in [0, 0.1) is 6.92 Å². The van der Waals surface area contributed by atoms with E-state index in [0.29, 0.717) is 12.2 Å². The van der Waals surface area contributed by atoms with Crippen LogP contribution in [0.4, 0.5) is 0 Å². The number of benzene rings is 1. The molecule has 0 saturated carbocycles. The Morgan fingerprint density at radius 1 is 1.37 bits per heavy atom. The van der Waals surface area contributed by atoms with Gasteiger partial charge in [-0.2, -0.15) is 0 Å². The van der Waals surface area contributed by atoms with Crippen molar-refractivity contribution < 1.29 is 19.2 Å². The minimum absolute atomic E-state index is 0.114. The van der Waals surface area contributed by atoms with Crippen LogP contribution in [0.5, 0.6) is 0 Å². The molecule has 0 fully saturated rings. The van der Waals surface area contributed by atoms with E-state index in [0.717, 1.165) is 11.1 Å². The van der Waals surface area contributed by atoms with Crippen LogP contribution >= 0.6 is 0 Å². The summed E-state index contributed by atoms with van der Waals surface area (Å²) in [5, 5.41) is 3.74. The van der Waals surface area contributed by atoms with Gasteiger partial charge in [0.05, 0.1) is 13.7 Å². The largest absolute Gasteiger partial charge is 0.464 e. The number of ether oxygens (including phenoxy) is 1. The van der Waals surface area contributed by atoms with Gasteiger partial charge in [0.25, 0.3) is 0 Å². The highest BCUT2D eigenvalue weighted by atomic mass is 16.6. The lowest BCUT2D eigenvalue weighted by molar-refractivity contribution is -0.132. The minimum atomic E-state index is -0.557. The molecule has 0 aliphatic carbocycles. The van der Waals surface area contributed by atoms with E-state index in [9.17, 15) is 4.79 Å². The van der Waals surface area contributed by atoms with Crippen molar-refractivity contribution in [3.63, 3.8) is 0 Å². The average Bonchev–Trinajstić information content (AvgIpc) is 2.42. The highest BCUT2D eigenvalue weighted by molar-refractivity contribution is 6.43. The van der Waals surface area contributed by atoms with E-state index in [4.69, 9.17) is 14.4 Å². The fourth-order valence-corrected chi connectivity index (χ4v) is 1.64. The topological polar surface area (TPSA) is 69.1 Å². The molecule has 0 amide bonds. The molecule has 1 aromatic carbocycles. The van der Waals surface area contributed by atoms with Crippen molar-refractivity contribution in [2.24, 2.45) is 5.16 Å². The summed E-state index contributed by atoms with van der Waals surface area (Å²) in [6, 6.07) is 5.54. The number of esters is 1. The molecule has 0 radical (unpaired) electrons. The molecule has 19 heavy (non-hydrogen) atoms. The third kappa shape index (κ3) is 3.77. The van der Waals surface area contributed by atoms with Gasteiger partial charge >= 0.3 is 5.97 Å². The smallest absolute Gasteiger partial charge is 0.360 e. The second-order valence-electron chi connectivity index (χ2n) is 3.71. The lowest BCUT2D eigenvalue weighted by atomic mass is 9.99. The molecule has 0 saturated heterocycles. The molecule has 1 aromatic rings. The number of hydroxylamine groups is 1. The van der Waals surface area contributed by atoms with Crippen molar-refractivity contribution in [3.8, 4) is 0 Å². The molecule has 6 nitrogen and oxygen atoms in total. The first-order valence-corrected chi connectivity index (χ1v) is 5.72. The number of carbonyl (C=O) groups is 1. The zero-order valence-corrected chi connectivity index (χ0v) is 11.5. The van der Waals surface area contributed by atoms with Gasteiger partial charge in [0, 0.05) is 12.6 Å². The monoisotopic (exact) mass is 266 g/mol.